The van der Waals surface area contributed by atoms with Crippen LogP contribution in [0.15, 0.2) is 54.9 Å². The van der Waals surface area contributed by atoms with Crippen LogP contribution in [0.1, 0.15) is 15.9 Å². The van der Waals surface area contributed by atoms with Crippen LogP contribution < -0.4 is 5.32 Å². The predicted molar refractivity (Wildman–Crippen MR) is 74.3 cm³/mol. The third-order valence-electron chi connectivity index (χ3n) is 3.05. The van der Waals surface area contributed by atoms with Crippen LogP contribution in [0, 0.1) is 6.92 Å². The molecule has 0 saturated heterocycles. The third-order valence-corrected chi connectivity index (χ3v) is 3.05. The maximum atomic E-state index is 12.2. The number of fused-ring (bicyclic) bond motifs is 1. The minimum atomic E-state index is -0.0954. The van der Waals surface area contributed by atoms with Crippen molar-refractivity contribution in [3.63, 3.8) is 0 Å². The van der Waals surface area contributed by atoms with Crippen molar-refractivity contribution >= 4 is 17.1 Å². The molecular formula is C15H13N3O. The molecule has 0 aliphatic heterocycles. The molecule has 3 rings (SSSR count). The van der Waals surface area contributed by atoms with E-state index in [1.54, 1.807) is 10.7 Å². The van der Waals surface area contributed by atoms with Gasteiger partial charge in [-0.2, -0.15) is 5.10 Å². The molecule has 1 amide bonds. The summed E-state index contributed by atoms with van der Waals surface area (Å²) < 4.78 is 1.75. The Bertz CT molecular complexity index is 746. The first-order chi connectivity index (χ1) is 9.24. The molecule has 1 aromatic carbocycles. The molecular weight excluding hydrogens is 238 g/mol. The van der Waals surface area contributed by atoms with Crippen LogP contribution in [0.5, 0.6) is 0 Å². The topological polar surface area (TPSA) is 46.4 Å². The molecule has 0 aliphatic rings. The summed E-state index contributed by atoms with van der Waals surface area (Å²) >= 11 is 0. The summed E-state index contributed by atoms with van der Waals surface area (Å²) in [5.74, 6) is -0.0954. The molecule has 0 spiro atoms. The van der Waals surface area contributed by atoms with Crippen molar-refractivity contribution < 1.29 is 4.79 Å². The maximum Gasteiger partial charge on any atom is 0.255 e. The zero-order valence-corrected chi connectivity index (χ0v) is 10.5. The Morgan fingerprint density at radius 2 is 2.05 bits per heavy atom. The number of nitrogens with zero attached hydrogens (tertiary/aromatic N) is 2. The summed E-state index contributed by atoms with van der Waals surface area (Å²) in [6, 6.07) is 13.1. The molecule has 0 unspecified atom stereocenters. The molecule has 0 bridgehead atoms. The highest BCUT2D eigenvalue weighted by Gasteiger charge is 2.08. The number of aromatic nitrogens is 2. The standard InChI is InChI=1S/C15H13N3O/c1-11-4-2-3-5-14(11)15(19)17-12-7-9-18-13(10-12)6-8-16-18/h2-10H,1H3,(H,17,19). The predicted octanol–water partition coefficient (Wildman–Crippen LogP) is 2.90. The number of anilines is 1. The van der Waals surface area contributed by atoms with E-state index in [1.165, 1.54) is 0 Å². The van der Waals surface area contributed by atoms with E-state index in [9.17, 15) is 4.79 Å². The quantitative estimate of drug-likeness (QED) is 0.761. The fourth-order valence-electron chi connectivity index (χ4n) is 2.03. The lowest BCUT2D eigenvalue weighted by molar-refractivity contribution is 0.102. The van der Waals surface area contributed by atoms with Crippen LogP contribution in [0.25, 0.3) is 5.52 Å². The number of hydrogen-bond donors (Lipinski definition) is 1. The lowest BCUT2D eigenvalue weighted by Crippen LogP contribution is -2.13. The molecule has 0 radical (unpaired) electrons. The lowest BCUT2D eigenvalue weighted by Gasteiger charge is -2.07. The smallest absolute Gasteiger partial charge is 0.255 e. The second kappa shape index (κ2) is 4.57. The van der Waals surface area contributed by atoms with E-state index in [1.807, 2.05) is 55.6 Å². The van der Waals surface area contributed by atoms with E-state index in [4.69, 9.17) is 0 Å². The average Bonchev–Trinajstić information content (AvgIpc) is 2.86. The Morgan fingerprint density at radius 1 is 1.21 bits per heavy atom. The summed E-state index contributed by atoms with van der Waals surface area (Å²) in [6.07, 6.45) is 3.55. The first-order valence-electron chi connectivity index (χ1n) is 6.04. The number of benzene rings is 1. The van der Waals surface area contributed by atoms with Crippen molar-refractivity contribution in [1.82, 2.24) is 9.61 Å². The van der Waals surface area contributed by atoms with Gasteiger partial charge in [0.05, 0.1) is 5.52 Å². The van der Waals surface area contributed by atoms with Gasteiger partial charge in [0.2, 0.25) is 0 Å². The molecule has 2 aromatic heterocycles. The number of hydrogen-bond acceptors (Lipinski definition) is 2. The minimum absolute atomic E-state index is 0.0954. The average molecular weight is 251 g/mol. The van der Waals surface area contributed by atoms with Crippen LogP contribution >= 0.6 is 0 Å². The largest absolute Gasteiger partial charge is 0.322 e. The van der Waals surface area contributed by atoms with Crippen LogP contribution in [-0.4, -0.2) is 15.5 Å². The third kappa shape index (κ3) is 2.20. The van der Waals surface area contributed by atoms with Crippen molar-refractivity contribution in [3.05, 3.63) is 66.0 Å². The molecule has 3 aromatic rings. The van der Waals surface area contributed by atoms with E-state index in [0.717, 1.165) is 16.8 Å². The number of amides is 1. The van der Waals surface area contributed by atoms with Gasteiger partial charge in [-0.25, -0.2) is 4.52 Å². The van der Waals surface area contributed by atoms with Crippen molar-refractivity contribution in [2.75, 3.05) is 5.32 Å². The highest BCUT2D eigenvalue weighted by Crippen LogP contribution is 2.14. The summed E-state index contributed by atoms with van der Waals surface area (Å²) in [5, 5.41) is 7.02. The fourth-order valence-corrected chi connectivity index (χ4v) is 2.03. The second-order valence-electron chi connectivity index (χ2n) is 4.39. The molecule has 4 nitrogen and oxygen atoms in total. The molecule has 1 N–H and O–H groups in total. The van der Waals surface area contributed by atoms with E-state index in [2.05, 4.69) is 10.4 Å². The van der Waals surface area contributed by atoms with Gasteiger partial charge in [0.15, 0.2) is 0 Å². The van der Waals surface area contributed by atoms with Crippen molar-refractivity contribution in [1.29, 1.82) is 0 Å². The second-order valence-corrected chi connectivity index (χ2v) is 4.39. The molecule has 4 heteroatoms. The molecule has 19 heavy (non-hydrogen) atoms. The van der Waals surface area contributed by atoms with Gasteiger partial charge in [-0.05, 0) is 36.8 Å². The van der Waals surface area contributed by atoms with Crippen LogP contribution in [-0.2, 0) is 0 Å². The van der Waals surface area contributed by atoms with Gasteiger partial charge in [-0.3, -0.25) is 4.79 Å². The maximum absolute atomic E-state index is 12.2. The zero-order chi connectivity index (χ0) is 13.2. The van der Waals surface area contributed by atoms with Crippen LogP contribution in [0.2, 0.25) is 0 Å². The molecule has 0 saturated carbocycles. The van der Waals surface area contributed by atoms with Gasteiger partial charge in [0, 0.05) is 23.6 Å². The van der Waals surface area contributed by atoms with Crippen LogP contribution in [0.4, 0.5) is 5.69 Å². The molecule has 0 aliphatic carbocycles. The fraction of sp³-hybridized carbons (Fsp3) is 0.0667. The first kappa shape index (κ1) is 11.5. The van der Waals surface area contributed by atoms with E-state index < -0.39 is 0 Å². The summed E-state index contributed by atoms with van der Waals surface area (Å²) in [4.78, 5) is 12.2. The van der Waals surface area contributed by atoms with Gasteiger partial charge in [-0.1, -0.05) is 18.2 Å². The van der Waals surface area contributed by atoms with Crippen molar-refractivity contribution in [3.8, 4) is 0 Å². The number of carbonyl (C=O) groups is 1. The van der Waals surface area contributed by atoms with E-state index >= 15 is 0 Å². The van der Waals surface area contributed by atoms with Gasteiger partial charge in [0.25, 0.3) is 5.91 Å². The summed E-state index contributed by atoms with van der Waals surface area (Å²) in [5.41, 5.74) is 3.37. The Kier molecular flexibility index (Phi) is 2.76. The van der Waals surface area contributed by atoms with E-state index in [0.29, 0.717) is 5.56 Å². The van der Waals surface area contributed by atoms with E-state index in [-0.39, 0.29) is 5.91 Å². The summed E-state index contributed by atoms with van der Waals surface area (Å²) in [7, 11) is 0. The number of pyridine rings is 1. The Labute approximate surface area is 110 Å². The Hall–Kier alpha value is -2.62. The first-order valence-corrected chi connectivity index (χ1v) is 6.04. The Morgan fingerprint density at radius 3 is 2.89 bits per heavy atom. The van der Waals surface area contributed by atoms with Crippen LogP contribution in [0.3, 0.4) is 0 Å². The SMILES string of the molecule is Cc1ccccc1C(=O)Nc1ccn2nccc2c1. The highest BCUT2D eigenvalue weighted by molar-refractivity contribution is 6.05. The molecule has 2 heterocycles. The van der Waals surface area contributed by atoms with Gasteiger partial charge >= 0.3 is 0 Å². The number of rotatable bonds is 2. The number of nitrogens with one attached hydrogen (secondary N) is 1. The number of carbonyl (C=O) groups excluding carboxylic acids is 1. The molecule has 0 fully saturated rings. The van der Waals surface area contributed by atoms with Crippen molar-refractivity contribution in [2.24, 2.45) is 0 Å². The highest BCUT2D eigenvalue weighted by atomic mass is 16.1. The van der Waals surface area contributed by atoms with Gasteiger partial charge in [-0.15, -0.1) is 0 Å². The zero-order valence-electron chi connectivity index (χ0n) is 10.5. The van der Waals surface area contributed by atoms with Gasteiger partial charge < -0.3 is 5.32 Å². The molecule has 94 valence electrons. The summed E-state index contributed by atoms with van der Waals surface area (Å²) in [6.45, 7) is 1.93. The van der Waals surface area contributed by atoms with Gasteiger partial charge in [0.1, 0.15) is 0 Å². The normalized spacial score (nSPS) is 10.6. The monoisotopic (exact) mass is 251 g/mol. The number of aryl methyl sites for hydroxylation is 1. The minimum Gasteiger partial charge on any atom is -0.322 e. The lowest BCUT2D eigenvalue weighted by atomic mass is 10.1. The molecule has 0 atom stereocenters. The Balaban J connectivity index is 1.88. The van der Waals surface area contributed by atoms with Crippen molar-refractivity contribution in [2.45, 2.75) is 6.92 Å².